The summed E-state index contributed by atoms with van der Waals surface area (Å²) in [4.78, 5) is 60.6. The molecule has 0 bridgehead atoms. The first kappa shape index (κ1) is 33.7. The highest BCUT2D eigenvalue weighted by atomic mass is 16.4. The molecule has 238 valence electrons. The summed E-state index contributed by atoms with van der Waals surface area (Å²) in [6, 6.07) is 4.86. The summed E-state index contributed by atoms with van der Waals surface area (Å²) in [5.74, 6) is -3.16. The van der Waals surface area contributed by atoms with E-state index in [4.69, 9.17) is 46.6 Å². The van der Waals surface area contributed by atoms with Gasteiger partial charge in [0, 0.05) is 17.7 Å². The molecule has 19 heteroatoms. The van der Waals surface area contributed by atoms with Crippen molar-refractivity contribution < 1.29 is 55.2 Å². The molecule has 44 heavy (non-hydrogen) atoms. The van der Waals surface area contributed by atoms with Gasteiger partial charge in [0.15, 0.2) is 11.2 Å². The van der Waals surface area contributed by atoms with E-state index in [1.807, 2.05) is 0 Å². The van der Waals surface area contributed by atoms with Gasteiger partial charge in [-0.25, -0.2) is 14.8 Å². The number of nitrogens with one attached hydrogen (secondary N) is 3. The zero-order valence-corrected chi connectivity index (χ0v) is 22.7. The van der Waals surface area contributed by atoms with Crippen molar-refractivity contribution in [2.45, 2.75) is 62.1 Å². The molecule has 0 radical (unpaired) electrons. The number of aliphatic carboxylic acids is 2. The van der Waals surface area contributed by atoms with E-state index in [0.29, 0.717) is 11.4 Å². The number of nitrogens with zero attached hydrogens (tertiary/aromatic N) is 3. The van der Waals surface area contributed by atoms with Crippen molar-refractivity contribution in [3.63, 3.8) is 0 Å². The number of fused-ring (bicyclic) bond motifs is 1. The summed E-state index contributed by atoms with van der Waals surface area (Å²) in [7, 11) is 0. The maximum absolute atomic E-state index is 12.3. The Kier molecular flexibility index (Phi) is 11.2. The van der Waals surface area contributed by atoms with E-state index in [1.165, 1.54) is 18.3 Å². The SMILES string of the molecule is Nc1nc2ncc(CNc3ccc(C(=O)N[C@@H](CCC(=O)O)C(=O)O)cc3)nc2c(=O)[nH]1.OC1C(O)C(O)C(O)C(O)C1O. The number of aromatic nitrogens is 4. The number of aromatic amines is 1. The first-order valence-electron chi connectivity index (χ1n) is 12.9. The molecule has 1 saturated carbocycles. The van der Waals surface area contributed by atoms with Crippen LogP contribution in [0.2, 0.25) is 0 Å². The normalized spacial score (nSPS) is 23.6. The van der Waals surface area contributed by atoms with Gasteiger partial charge in [0.1, 0.15) is 42.7 Å². The van der Waals surface area contributed by atoms with E-state index in [0.717, 1.165) is 0 Å². The van der Waals surface area contributed by atoms with Crippen LogP contribution in [0.5, 0.6) is 0 Å². The molecular formula is C25H31N7O12. The minimum Gasteiger partial charge on any atom is -0.481 e. The molecule has 13 N–H and O–H groups in total. The third-order valence-corrected chi connectivity index (χ3v) is 6.46. The lowest BCUT2D eigenvalue weighted by Crippen LogP contribution is -2.63. The van der Waals surface area contributed by atoms with Gasteiger partial charge >= 0.3 is 11.9 Å². The van der Waals surface area contributed by atoms with E-state index in [-0.39, 0.29) is 42.1 Å². The number of nitrogen functional groups attached to an aromatic ring is 1. The second-order valence-electron chi connectivity index (χ2n) is 9.66. The van der Waals surface area contributed by atoms with E-state index >= 15 is 0 Å². The molecule has 0 spiro atoms. The number of carboxylic acids is 2. The van der Waals surface area contributed by atoms with Crippen LogP contribution in [0.25, 0.3) is 11.2 Å². The minimum absolute atomic E-state index is 0.0524. The molecule has 0 unspecified atom stereocenters. The number of amides is 1. The minimum atomic E-state index is -1.64. The third-order valence-electron chi connectivity index (χ3n) is 6.46. The summed E-state index contributed by atoms with van der Waals surface area (Å²) in [5, 5.41) is 77.0. The van der Waals surface area contributed by atoms with E-state index < -0.39 is 66.1 Å². The number of carbonyl (C=O) groups is 3. The van der Waals surface area contributed by atoms with E-state index in [2.05, 4.69) is 30.6 Å². The predicted octanol–water partition coefficient (Wildman–Crippen LogP) is -3.88. The largest absolute Gasteiger partial charge is 0.481 e. The fourth-order valence-electron chi connectivity index (χ4n) is 3.97. The Morgan fingerprint density at radius 1 is 0.886 bits per heavy atom. The van der Waals surface area contributed by atoms with Crippen molar-refractivity contribution in [1.29, 1.82) is 0 Å². The van der Waals surface area contributed by atoms with Crippen LogP contribution in [0.4, 0.5) is 11.6 Å². The zero-order valence-electron chi connectivity index (χ0n) is 22.7. The van der Waals surface area contributed by atoms with Crippen LogP contribution < -0.4 is 21.9 Å². The number of rotatable bonds is 9. The highest BCUT2D eigenvalue weighted by Crippen LogP contribution is 2.21. The van der Waals surface area contributed by atoms with Crippen molar-refractivity contribution in [2.24, 2.45) is 0 Å². The number of hydrogen-bond donors (Lipinski definition) is 12. The summed E-state index contributed by atoms with van der Waals surface area (Å²) in [6.45, 7) is 0.231. The first-order chi connectivity index (χ1) is 20.7. The third kappa shape index (κ3) is 8.40. The Morgan fingerprint density at radius 2 is 1.43 bits per heavy atom. The maximum atomic E-state index is 12.3. The van der Waals surface area contributed by atoms with E-state index in [1.54, 1.807) is 12.1 Å². The average Bonchev–Trinajstić information content (AvgIpc) is 2.99. The highest BCUT2D eigenvalue weighted by molar-refractivity contribution is 5.96. The van der Waals surface area contributed by atoms with Gasteiger partial charge in [-0.05, 0) is 30.7 Å². The first-order valence-corrected chi connectivity index (χ1v) is 12.9. The van der Waals surface area contributed by atoms with Gasteiger partial charge in [-0.1, -0.05) is 0 Å². The molecule has 0 saturated heterocycles. The number of hydrogen-bond acceptors (Lipinski definition) is 15. The van der Waals surface area contributed by atoms with Gasteiger partial charge in [-0.3, -0.25) is 19.4 Å². The highest BCUT2D eigenvalue weighted by Gasteiger charge is 2.47. The molecule has 2 heterocycles. The summed E-state index contributed by atoms with van der Waals surface area (Å²) < 4.78 is 0. The zero-order chi connectivity index (χ0) is 32.7. The van der Waals surface area contributed by atoms with Gasteiger partial charge in [0.25, 0.3) is 11.5 Å². The summed E-state index contributed by atoms with van der Waals surface area (Å²) in [5.41, 5.74) is 6.47. The lowest BCUT2D eigenvalue weighted by molar-refractivity contribution is -0.223. The lowest BCUT2D eigenvalue weighted by Gasteiger charge is -2.39. The Balaban J connectivity index is 0.000000369. The van der Waals surface area contributed by atoms with Crippen LogP contribution in [0.15, 0.2) is 35.3 Å². The Labute approximate surface area is 246 Å². The molecule has 0 aliphatic heterocycles. The van der Waals surface area contributed by atoms with Crippen LogP contribution in [-0.2, 0) is 16.1 Å². The fraction of sp³-hybridized carbons (Fsp3) is 0.400. The second-order valence-corrected chi connectivity index (χ2v) is 9.66. The number of aliphatic hydroxyl groups excluding tert-OH is 6. The van der Waals surface area contributed by atoms with Crippen LogP contribution >= 0.6 is 0 Å². The van der Waals surface area contributed by atoms with Crippen LogP contribution in [-0.4, -0.2) is 121 Å². The Hall–Kier alpha value is -4.79. The van der Waals surface area contributed by atoms with Crippen molar-refractivity contribution in [3.05, 3.63) is 52.1 Å². The smallest absolute Gasteiger partial charge is 0.326 e. The van der Waals surface area contributed by atoms with Crippen LogP contribution in [0.1, 0.15) is 28.9 Å². The fourth-order valence-corrected chi connectivity index (χ4v) is 3.97. The second kappa shape index (κ2) is 14.6. The molecule has 2 aromatic heterocycles. The molecular weight excluding hydrogens is 590 g/mol. The molecule has 1 atom stereocenters. The van der Waals surface area contributed by atoms with Gasteiger partial charge in [0.05, 0.1) is 18.4 Å². The van der Waals surface area contributed by atoms with Crippen molar-refractivity contribution in [1.82, 2.24) is 25.3 Å². The average molecular weight is 622 g/mol. The van der Waals surface area contributed by atoms with Gasteiger partial charge in [0.2, 0.25) is 5.95 Å². The molecule has 4 rings (SSSR count). The molecule has 1 fully saturated rings. The summed E-state index contributed by atoms with van der Waals surface area (Å²) in [6.07, 6.45) is -9.00. The quantitative estimate of drug-likeness (QED) is 0.109. The number of carboxylic acid groups (broad SMARTS) is 2. The molecule has 1 aliphatic rings. The molecule has 1 aromatic carbocycles. The van der Waals surface area contributed by atoms with Gasteiger partial charge in [-0.15, -0.1) is 0 Å². The van der Waals surface area contributed by atoms with Crippen molar-refractivity contribution in [3.8, 4) is 0 Å². The Bertz CT molecular complexity index is 1480. The topological polar surface area (TPSA) is 335 Å². The maximum Gasteiger partial charge on any atom is 0.326 e. The summed E-state index contributed by atoms with van der Waals surface area (Å²) >= 11 is 0. The number of carbonyl (C=O) groups excluding carboxylic acids is 1. The number of anilines is 2. The molecule has 1 aliphatic carbocycles. The predicted molar refractivity (Wildman–Crippen MR) is 148 cm³/mol. The lowest BCUT2D eigenvalue weighted by atomic mass is 9.85. The van der Waals surface area contributed by atoms with Gasteiger partial charge in [-0.2, -0.15) is 4.98 Å². The van der Waals surface area contributed by atoms with Gasteiger partial charge < -0.3 is 57.2 Å². The molecule has 1 amide bonds. The molecule has 3 aromatic rings. The van der Waals surface area contributed by atoms with Crippen molar-refractivity contribution in [2.75, 3.05) is 11.1 Å². The Morgan fingerprint density at radius 3 is 1.93 bits per heavy atom. The van der Waals surface area contributed by atoms with Crippen LogP contribution in [0, 0.1) is 0 Å². The van der Waals surface area contributed by atoms with E-state index in [9.17, 15) is 19.2 Å². The number of aliphatic hydroxyl groups is 6. The molecule has 19 nitrogen and oxygen atoms in total. The standard InChI is InChI=1S/C19H19N7O6.C6H12O6/c20-19-25-15-14(17(30)26-19)23-11(8-22-15)7-21-10-3-1-9(2-4-10)16(29)24-12(18(31)32)5-6-13(27)28;7-1-2(8)4(10)6(12)5(11)3(1)9/h1-4,8,12,21H,5-7H2,(H,24,29)(H,27,28)(H,31,32)(H3,20,22,25,26,30);1-12H/t12-;/m0./s1. The number of nitrogens with two attached hydrogens (primary N) is 1. The van der Waals surface area contributed by atoms with Crippen LogP contribution in [0.3, 0.4) is 0 Å². The monoisotopic (exact) mass is 621 g/mol. The van der Waals surface area contributed by atoms with Crippen molar-refractivity contribution >= 4 is 40.6 Å². The number of H-pyrrole nitrogens is 1. The number of benzene rings is 1.